The van der Waals surface area contributed by atoms with E-state index in [0.717, 1.165) is 0 Å². The van der Waals surface area contributed by atoms with E-state index in [4.69, 9.17) is 5.11 Å². The summed E-state index contributed by atoms with van der Waals surface area (Å²) in [6.07, 6.45) is 1.30. The van der Waals surface area contributed by atoms with Crippen LogP contribution in [0.25, 0.3) is 0 Å². The van der Waals surface area contributed by atoms with Crippen molar-refractivity contribution in [2.24, 2.45) is 0 Å². The zero-order valence-electron chi connectivity index (χ0n) is 6.42. The largest absolute Gasteiger partial charge is 0.479 e. The molecule has 2 N–H and O–H groups in total. The fourth-order valence-electron chi connectivity index (χ4n) is 0.849. The zero-order valence-corrected chi connectivity index (χ0v) is 6.42. The number of aliphatic carboxylic acids is 1. The Labute approximate surface area is 60.7 Å². The Bertz CT molecular complexity index is 122. The number of hydrogen-bond donors (Lipinski definition) is 2. The van der Waals surface area contributed by atoms with Gasteiger partial charge in [-0.05, 0) is 12.8 Å². The van der Waals surface area contributed by atoms with Crippen molar-refractivity contribution in [3.05, 3.63) is 0 Å². The number of carboxylic acid groups (broad SMARTS) is 1. The van der Waals surface area contributed by atoms with E-state index in [2.05, 4.69) is 0 Å². The van der Waals surface area contributed by atoms with E-state index >= 15 is 0 Å². The number of carboxylic acids is 1. The summed E-state index contributed by atoms with van der Waals surface area (Å²) < 4.78 is 0. The van der Waals surface area contributed by atoms with E-state index in [1.807, 2.05) is 6.92 Å². The minimum absolute atomic E-state index is 0.274. The van der Waals surface area contributed by atoms with Crippen molar-refractivity contribution in [3.63, 3.8) is 0 Å². The van der Waals surface area contributed by atoms with Crippen molar-refractivity contribution in [2.45, 2.75) is 38.7 Å². The molecule has 1 atom stereocenters. The summed E-state index contributed by atoms with van der Waals surface area (Å²) in [5, 5.41) is 17.8. The van der Waals surface area contributed by atoms with Crippen molar-refractivity contribution in [3.8, 4) is 0 Å². The molecule has 0 bridgehead atoms. The highest BCUT2D eigenvalue weighted by atomic mass is 16.4. The third-order valence-corrected chi connectivity index (χ3v) is 1.65. The Kier molecular flexibility index (Phi) is 3.36. The molecule has 0 rings (SSSR count). The molecule has 0 aliphatic carbocycles. The van der Waals surface area contributed by atoms with Gasteiger partial charge in [0.15, 0.2) is 5.60 Å². The van der Waals surface area contributed by atoms with Gasteiger partial charge in [0, 0.05) is 0 Å². The summed E-state index contributed by atoms with van der Waals surface area (Å²) in [7, 11) is 0. The third kappa shape index (κ3) is 1.99. The predicted molar refractivity (Wildman–Crippen MR) is 37.8 cm³/mol. The molecule has 0 amide bonds. The molecule has 3 nitrogen and oxygen atoms in total. The minimum Gasteiger partial charge on any atom is -0.479 e. The van der Waals surface area contributed by atoms with Crippen LogP contribution in [0.2, 0.25) is 0 Å². The van der Waals surface area contributed by atoms with Crippen LogP contribution in [0.4, 0.5) is 0 Å². The molecule has 0 aromatic rings. The second kappa shape index (κ2) is 3.56. The number of rotatable bonds is 4. The van der Waals surface area contributed by atoms with E-state index in [0.29, 0.717) is 12.8 Å². The Morgan fingerprint density at radius 1 is 1.50 bits per heavy atom. The fourth-order valence-corrected chi connectivity index (χ4v) is 0.849. The van der Waals surface area contributed by atoms with Crippen LogP contribution >= 0.6 is 0 Å². The summed E-state index contributed by atoms with van der Waals surface area (Å²) in [5.74, 6) is -1.11. The molecule has 60 valence electrons. The van der Waals surface area contributed by atoms with Gasteiger partial charge in [-0.15, -0.1) is 0 Å². The van der Waals surface area contributed by atoms with Gasteiger partial charge in [-0.3, -0.25) is 0 Å². The Morgan fingerprint density at radius 3 is 2.10 bits per heavy atom. The molecule has 0 spiro atoms. The minimum atomic E-state index is -1.49. The lowest BCUT2D eigenvalue weighted by Crippen LogP contribution is -2.37. The van der Waals surface area contributed by atoms with E-state index in [1.165, 1.54) is 0 Å². The Morgan fingerprint density at radius 2 is 2.00 bits per heavy atom. The average molecular weight is 146 g/mol. The molecular formula is C7H14O3. The second-order valence-corrected chi connectivity index (χ2v) is 2.44. The first-order valence-corrected chi connectivity index (χ1v) is 3.52. The second-order valence-electron chi connectivity index (χ2n) is 2.44. The van der Waals surface area contributed by atoms with Crippen LogP contribution in [0.1, 0.15) is 33.1 Å². The molecule has 3 heteroatoms. The molecule has 10 heavy (non-hydrogen) atoms. The Hall–Kier alpha value is -0.570. The fraction of sp³-hybridized carbons (Fsp3) is 0.857. The topological polar surface area (TPSA) is 57.5 Å². The first-order valence-electron chi connectivity index (χ1n) is 3.52. The monoisotopic (exact) mass is 146 g/mol. The molecule has 0 saturated heterocycles. The van der Waals surface area contributed by atoms with Crippen molar-refractivity contribution < 1.29 is 15.0 Å². The van der Waals surface area contributed by atoms with Crippen molar-refractivity contribution in [1.29, 1.82) is 0 Å². The highest BCUT2D eigenvalue weighted by Gasteiger charge is 2.32. The highest BCUT2D eigenvalue weighted by molar-refractivity contribution is 5.76. The SMILES string of the molecule is CCC[C@](O)(CC)C(=O)O. The maximum Gasteiger partial charge on any atom is 0.335 e. The van der Waals surface area contributed by atoms with E-state index in [9.17, 15) is 9.90 Å². The normalized spacial score (nSPS) is 16.3. The van der Waals surface area contributed by atoms with Crippen LogP contribution in [0, 0.1) is 0 Å². The van der Waals surface area contributed by atoms with Crippen LogP contribution < -0.4 is 0 Å². The standard InChI is InChI=1S/C7H14O3/c1-3-5-7(10,4-2)6(8)9/h10H,3-5H2,1-2H3,(H,8,9)/t7-/m1/s1. The lowest BCUT2D eigenvalue weighted by molar-refractivity contribution is -0.159. The molecule has 0 aliphatic heterocycles. The van der Waals surface area contributed by atoms with Gasteiger partial charge in [0.25, 0.3) is 0 Å². The smallest absolute Gasteiger partial charge is 0.335 e. The van der Waals surface area contributed by atoms with Crippen LogP contribution in [-0.2, 0) is 4.79 Å². The molecule has 0 fully saturated rings. The summed E-state index contributed by atoms with van der Waals surface area (Å²) in [6, 6.07) is 0. The van der Waals surface area contributed by atoms with Crippen LogP contribution in [-0.4, -0.2) is 21.8 Å². The maximum absolute atomic E-state index is 10.4. The molecule has 0 aromatic heterocycles. The van der Waals surface area contributed by atoms with E-state index < -0.39 is 11.6 Å². The van der Waals surface area contributed by atoms with Gasteiger partial charge in [0.05, 0.1) is 0 Å². The van der Waals surface area contributed by atoms with E-state index in [-0.39, 0.29) is 6.42 Å². The number of hydrogen-bond acceptors (Lipinski definition) is 2. The van der Waals surface area contributed by atoms with Crippen molar-refractivity contribution in [1.82, 2.24) is 0 Å². The summed E-state index contributed by atoms with van der Waals surface area (Å²) in [6.45, 7) is 3.52. The van der Waals surface area contributed by atoms with Crippen molar-refractivity contribution >= 4 is 5.97 Å². The average Bonchev–Trinajstić information content (AvgIpc) is 1.88. The summed E-state index contributed by atoms with van der Waals surface area (Å²) in [4.78, 5) is 10.4. The molecule has 0 radical (unpaired) electrons. The molecule has 0 aliphatic rings. The lowest BCUT2D eigenvalue weighted by atomic mass is 9.95. The first-order chi connectivity index (χ1) is 4.56. The van der Waals surface area contributed by atoms with Gasteiger partial charge in [-0.1, -0.05) is 20.3 Å². The first kappa shape index (κ1) is 9.43. The van der Waals surface area contributed by atoms with Gasteiger partial charge < -0.3 is 10.2 Å². The zero-order chi connectivity index (χ0) is 8.20. The van der Waals surface area contributed by atoms with Crippen molar-refractivity contribution in [2.75, 3.05) is 0 Å². The van der Waals surface area contributed by atoms with E-state index in [1.54, 1.807) is 6.92 Å². The summed E-state index contributed by atoms with van der Waals surface area (Å²) >= 11 is 0. The van der Waals surface area contributed by atoms with Gasteiger partial charge in [0.1, 0.15) is 0 Å². The van der Waals surface area contributed by atoms with Crippen LogP contribution in [0.15, 0.2) is 0 Å². The highest BCUT2D eigenvalue weighted by Crippen LogP contribution is 2.16. The predicted octanol–water partition coefficient (Wildman–Crippen LogP) is 1.01. The third-order valence-electron chi connectivity index (χ3n) is 1.65. The van der Waals surface area contributed by atoms with Gasteiger partial charge in [-0.25, -0.2) is 4.79 Å². The van der Waals surface area contributed by atoms with Crippen LogP contribution in [0.5, 0.6) is 0 Å². The molecule has 0 heterocycles. The van der Waals surface area contributed by atoms with Crippen LogP contribution in [0.3, 0.4) is 0 Å². The number of carbonyl (C=O) groups is 1. The Balaban J connectivity index is 4.08. The van der Waals surface area contributed by atoms with Gasteiger partial charge >= 0.3 is 5.97 Å². The quantitative estimate of drug-likeness (QED) is 0.622. The van der Waals surface area contributed by atoms with Gasteiger partial charge in [0.2, 0.25) is 0 Å². The molecular weight excluding hydrogens is 132 g/mol. The lowest BCUT2D eigenvalue weighted by Gasteiger charge is -2.19. The molecule has 0 unspecified atom stereocenters. The molecule has 0 aromatic carbocycles. The van der Waals surface area contributed by atoms with Gasteiger partial charge in [-0.2, -0.15) is 0 Å². The molecule has 0 saturated carbocycles. The maximum atomic E-state index is 10.4. The summed E-state index contributed by atoms with van der Waals surface area (Å²) in [5.41, 5.74) is -1.49. The number of aliphatic hydroxyl groups is 1.